The zero-order valence-electron chi connectivity index (χ0n) is 69.0. The van der Waals surface area contributed by atoms with Crippen molar-refractivity contribution in [1.29, 1.82) is 0 Å². The minimum atomic E-state index is -0.856. The van der Waals surface area contributed by atoms with E-state index in [0.717, 1.165) is 55.4 Å². The zero-order chi connectivity index (χ0) is 90.8. The summed E-state index contributed by atoms with van der Waals surface area (Å²) in [6, 6.07) is 27.8. The largest absolute Gasteiger partial charge is 0.468 e. The number of anilines is 2. The second-order valence-corrected chi connectivity index (χ2v) is 29.8. The van der Waals surface area contributed by atoms with Gasteiger partial charge in [0.1, 0.15) is 68.9 Å². The Morgan fingerprint density at radius 3 is 1.57 bits per heavy atom. The van der Waals surface area contributed by atoms with Gasteiger partial charge in [-0.05, 0) is 225 Å². The van der Waals surface area contributed by atoms with Crippen LogP contribution in [0.3, 0.4) is 0 Å². The molecular weight excluding hydrogens is 1700 g/mol. The number of halogens is 6. The van der Waals surface area contributed by atoms with Crippen LogP contribution in [0.5, 0.6) is 0 Å². The highest BCUT2D eigenvalue weighted by Gasteiger charge is 2.48. The van der Waals surface area contributed by atoms with Gasteiger partial charge in [0, 0.05) is 42.6 Å². The molecule has 1 aliphatic heterocycles. The van der Waals surface area contributed by atoms with Gasteiger partial charge >= 0.3 is 18.0 Å². The Kier molecular flexibility index (Phi) is 36.3. The van der Waals surface area contributed by atoms with E-state index in [1.165, 1.54) is 67.4 Å². The Hall–Kier alpha value is -13.4. The number of oxime groups is 1. The first-order chi connectivity index (χ1) is 61.3. The highest BCUT2D eigenvalue weighted by molar-refractivity contribution is 7.99. The standard InChI is InChI=1S/C26H29F2N5O4.C23H24F3N5O5.C19H21FN6O5.C14H16N4O4S/c1-16-14-20(9-12-22(16)28)30-26(31-35)25-23(32-37-33-25)15-36-21-10-2-17(3-11-21)4-13-24(34)29-19-7-5-18(27)6-8-19;1-14-8-15(2-3-19(14)26)9-20(29-33)22-21(30-36-31-22)13-35-7-6-34-5-4-27-23(32)28-18-11-16(24)10-17(25)12-18;1-10-8-11(2-3-13(10)20)21-16(24-29)15-14(25-31-26-15)9-30-12-4-6-19(7-5-12)17(27)22-18(28)23-19;1-9-3-5-10(6-4-9)15-14(16-20)13-11(17-22-18-13)7-23-8-12(19)21-2/h5-9,12,14,17,21,35H,2-4,10-11,13,15H2,1H3,(H,29,34)(H,30,31);2-3,8,10-12,33H,4-7,9,13H2,1H3,(H2,27,28,32);2-3,8,12,29H,4-7,9H2,1H3,(H,21,24)(H2,22,23,27,28);3-6,20H,7-8H2,1-2H3,(H,15,16)/b;29-20+;;. The molecule has 1 spiro atoms. The minimum Gasteiger partial charge on any atom is -0.468 e. The number of esters is 1. The van der Waals surface area contributed by atoms with E-state index in [9.17, 15) is 71.1 Å². The van der Waals surface area contributed by atoms with E-state index in [1.807, 2.05) is 47.6 Å². The molecule has 2 aliphatic carbocycles. The van der Waals surface area contributed by atoms with Crippen LogP contribution in [0.25, 0.3) is 0 Å². The molecule has 10 aromatic rings. The number of carbonyl (C=O) groups is 5. The van der Waals surface area contributed by atoms with Gasteiger partial charge < -0.3 is 50.2 Å². The quantitative estimate of drug-likeness (QED) is 0.00272. The first-order valence-electron chi connectivity index (χ1n) is 39.3. The molecule has 38 nitrogen and oxygen atoms in total. The van der Waals surface area contributed by atoms with E-state index in [-0.39, 0.29) is 163 Å². The lowest BCUT2D eigenvalue weighted by atomic mass is 9.80. The number of rotatable bonds is 32. The molecule has 12 N–H and O–H groups in total. The Morgan fingerprint density at radius 1 is 0.543 bits per heavy atom. The minimum absolute atomic E-state index is 0.00785. The summed E-state index contributed by atoms with van der Waals surface area (Å²) >= 11 is 1.29. The van der Waals surface area contributed by atoms with Crippen LogP contribution in [-0.2, 0) is 70.1 Å². The molecule has 4 aromatic heterocycles. The number of aryl methyl sites for hydroxylation is 4. The summed E-state index contributed by atoms with van der Waals surface area (Å²) in [5.41, 5.74) is 12.8. The lowest BCUT2D eigenvalue weighted by molar-refractivity contribution is -0.137. The Morgan fingerprint density at radius 2 is 1.05 bits per heavy atom. The molecule has 5 heterocycles. The van der Waals surface area contributed by atoms with Crippen molar-refractivity contribution in [2.45, 2.75) is 142 Å². The van der Waals surface area contributed by atoms with Crippen LogP contribution >= 0.6 is 11.8 Å². The van der Waals surface area contributed by atoms with E-state index in [2.05, 4.69) is 92.7 Å². The lowest BCUT2D eigenvalue weighted by Gasteiger charge is -2.34. The Bertz CT molecular complexity index is 5430. The normalized spacial score (nSPS) is 16.3. The van der Waals surface area contributed by atoms with Crippen molar-refractivity contribution in [3.05, 3.63) is 230 Å². The fourth-order valence-corrected chi connectivity index (χ4v) is 13.6. The molecule has 0 unspecified atom stereocenters. The third kappa shape index (κ3) is 29.3. The third-order valence-corrected chi connectivity index (χ3v) is 20.5. The maximum absolute atomic E-state index is 13.5. The number of aromatic nitrogens is 8. The number of hydrogen-bond donors (Lipinski definition) is 12. The third-order valence-electron chi connectivity index (χ3n) is 19.6. The van der Waals surface area contributed by atoms with Crippen LogP contribution in [0.4, 0.5) is 64.4 Å². The number of benzene rings is 6. The zero-order valence-corrected chi connectivity index (χ0v) is 69.8. The van der Waals surface area contributed by atoms with Crippen LogP contribution in [-0.4, -0.2) is 172 Å². The van der Waals surface area contributed by atoms with E-state index < -0.39 is 29.2 Å². The van der Waals surface area contributed by atoms with Crippen LogP contribution in [0, 0.1) is 68.5 Å². The molecule has 6 aromatic carbocycles. The van der Waals surface area contributed by atoms with E-state index >= 15 is 0 Å². The van der Waals surface area contributed by atoms with Crippen LogP contribution in [0.15, 0.2) is 160 Å². The number of urea groups is 2. The molecule has 3 aliphatic rings. The van der Waals surface area contributed by atoms with Gasteiger partial charge in [-0.3, -0.25) is 51.8 Å². The van der Waals surface area contributed by atoms with Gasteiger partial charge in [-0.15, -0.1) is 11.8 Å². The monoisotopic (exact) mass is 1790 g/mol. The summed E-state index contributed by atoms with van der Waals surface area (Å²) < 4.78 is 126. The highest BCUT2D eigenvalue weighted by atomic mass is 32.2. The summed E-state index contributed by atoms with van der Waals surface area (Å²) in [6.45, 7) is 7.71. The number of hydrogen-bond acceptors (Lipinski definition) is 31. The molecule has 127 heavy (non-hydrogen) atoms. The molecule has 0 atom stereocenters. The maximum Gasteiger partial charge on any atom is 0.322 e. The van der Waals surface area contributed by atoms with Gasteiger partial charge in [0.2, 0.25) is 5.91 Å². The number of nitrogens with one attached hydrogen (secondary N) is 8. The predicted molar refractivity (Wildman–Crippen MR) is 440 cm³/mol. The van der Waals surface area contributed by atoms with Gasteiger partial charge in [0.15, 0.2) is 40.3 Å². The molecule has 674 valence electrons. The summed E-state index contributed by atoms with van der Waals surface area (Å²) in [5, 5.41) is 84.0. The number of amides is 6. The number of nitrogens with zero attached hydrogens (tertiary/aromatic N) is 12. The van der Waals surface area contributed by atoms with Crippen molar-refractivity contribution in [2.24, 2.45) is 26.1 Å². The van der Waals surface area contributed by atoms with Gasteiger partial charge in [-0.25, -0.2) is 69.4 Å². The van der Waals surface area contributed by atoms with Gasteiger partial charge in [-0.2, -0.15) is 0 Å². The van der Waals surface area contributed by atoms with Crippen molar-refractivity contribution in [3.8, 4) is 0 Å². The van der Waals surface area contributed by atoms with Crippen LogP contribution in [0.1, 0.15) is 138 Å². The number of aliphatic imine (C=N–C) groups is 3. The Labute approximate surface area is 724 Å². The molecule has 13 rings (SSSR count). The van der Waals surface area contributed by atoms with Crippen molar-refractivity contribution in [1.82, 2.24) is 73.6 Å². The summed E-state index contributed by atoms with van der Waals surface area (Å²) in [7, 11) is 1.33. The number of carbonyl (C=O) groups excluding carboxylic acids is 5. The van der Waals surface area contributed by atoms with Crippen molar-refractivity contribution in [2.75, 3.05) is 49.9 Å². The number of ether oxygens (including phenoxy) is 5. The van der Waals surface area contributed by atoms with Gasteiger partial charge in [0.25, 0.3) is 5.91 Å². The lowest BCUT2D eigenvalue weighted by Crippen LogP contribution is -2.50. The predicted octanol–water partition coefficient (Wildman–Crippen LogP) is 12.2. The van der Waals surface area contributed by atoms with Gasteiger partial charge in [0.05, 0.1) is 81.8 Å². The van der Waals surface area contributed by atoms with Crippen molar-refractivity contribution < 1.29 is 113 Å². The van der Waals surface area contributed by atoms with E-state index in [0.29, 0.717) is 112 Å². The Balaban J connectivity index is 0.000000179. The van der Waals surface area contributed by atoms with Crippen molar-refractivity contribution in [3.63, 3.8) is 0 Å². The topological polar surface area (TPSA) is 514 Å². The summed E-state index contributed by atoms with van der Waals surface area (Å²) in [6.07, 6.45) is 6.88. The summed E-state index contributed by atoms with van der Waals surface area (Å²) in [4.78, 5) is 71.3. The number of methoxy groups -OCH3 is 1. The maximum atomic E-state index is 13.5. The van der Waals surface area contributed by atoms with Crippen LogP contribution < -0.4 is 43.0 Å². The molecule has 45 heteroatoms. The summed E-state index contributed by atoms with van der Waals surface area (Å²) in [5.74, 6) is -2.63. The SMILES string of the molecule is COC(=O)CSCc1nonc1C(=Nc1ccc(C)cc1)NO.Cc1cc(C/C(=N\O)c2nonc2COCCOCCNC(=O)Nc2cc(F)cc(F)c2)ccc1F.Cc1cc(N=C(NO)c2nonc2COC2CCC(CCC(=O)Nc3ccc(F)cc3)CC2)ccc1F.Cc1cc(N=C(NO)c2nonc2COC2CCC3(CC2)NC(=O)NC3=O)ccc1F. The first-order valence-corrected chi connectivity index (χ1v) is 40.5. The highest BCUT2D eigenvalue weighted by Crippen LogP contribution is 2.34. The number of imide groups is 1. The van der Waals surface area contributed by atoms with Crippen molar-refractivity contribution >= 4 is 93.3 Å². The number of hydroxylamine groups is 3. The van der Waals surface area contributed by atoms with Gasteiger partial charge in [-0.1, -0.05) is 55.6 Å². The second-order valence-electron chi connectivity index (χ2n) is 28.8. The molecule has 3 fully saturated rings. The van der Waals surface area contributed by atoms with E-state index in [4.69, 9.17) is 37.5 Å². The number of thioether (sulfide) groups is 1. The molecule has 0 bridgehead atoms. The average Bonchev–Trinajstić information content (AvgIpc) is 1.65. The number of amidine groups is 3. The fraction of sp³-hybridized carbons (Fsp3) is 0.354. The van der Waals surface area contributed by atoms with Crippen LogP contribution in [0.2, 0.25) is 0 Å². The molecule has 0 radical (unpaired) electrons. The fourth-order valence-electron chi connectivity index (χ4n) is 12.9. The van der Waals surface area contributed by atoms with E-state index in [1.54, 1.807) is 51.1 Å². The molecule has 1 saturated heterocycles. The molecule has 6 amide bonds. The average molecular weight is 1790 g/mol. The first kappa shape index (κ1) is 95.8. The molecule has 2 saturated carbocycles. The molecular formula is C82H90F6N20O18S. The smallest absolute Gasteiger partial charge is 0.322 e. The second kappa shape index (κ2) is 48.2.